The fourth-order valence-corrected chi connectivity index (χ4v) is 2.12. The lowest BCUT2D eigenvalue weighted by atomic mass is 10.1. The molecule has 1 atom stereocenters. The molecule has 0 aromatic carbocycles. The number of carbonyl (C=O) groups excluding carboxylic acids is 1. The van der Waals surface area contributed by atoms with E-state index in [-0.39, 0.29) is 12.0 Å². The Labute approximate surface area is 106 Å². The van der Waals surface area contributed by atoms with Crippen molar-refractivity contribution in [1.82, 2.24) is 10.2 Å². The van der Waals surface area contributed by atoms with Gasteiger partial charge < -0.3 is 15.0 Å². The molecule has 0 aromatic heterocycles. The average molecular weight is 244 g/mol. The van der Waals surface area contributed by atoms with E-state index in [1.165, 1.54) is 7.11 Å². The molecule has 0 heterocycles. The minimum Gasteiger partial charge on any atom is -0.468 e. The molecule has 0 bridgehead atoms. The number of hydrogen-bond donors (Lipinski definition) is 1. The number of nitrogens with one attached hydrogen (secondary N) is 1. The summed E-state index contributed by atoms with van der Waals surface area (Å²) in [7, 11) is 3.56. The van der Waals surface area contributed by atoms with Gasteiger partial charge in [-0.2, -0.15) is 0 Å². The quantitative estimate of drug-likeness (QED) is 0.626. The number of ether oxygens (including phenoxy) is 1. The third kappa shape index (κ3) is 6.03. The third-order valence-electron chi connectivity index (χ3n) is 3.27. The summed E-state index contributed by atoms with van der Waals surface area (Å²) in [6.45, 7) is 8.10. The molecule has 1 N–H and O–H groups in total. The highest BCUT2D eigenvalue weighted by molar-refractivity contribution is 5.75. The summed E-state index contributed by atoms with van der Waals surface area (Å²) >= 11 is 0. The van der Waals surface area contributed by atoms with Gasteiger partial charge in [-0.15, -0.1) is 0 Å². The van der Waals surface area contributed by atoms with Crippen LogP contribution in [0.1, 0.15) is 40.0 Å². The number of carbonyl (C=O) groups is 1. The number of likely N-dealkylation sites (N-methyl/N-ethyl adjacent to an activating group) is 1. The average Bonchev–Trinajstić information content (AvgIpc) is 2.34. The first-order chi connectivity index (χ1) is 8.10. The zero-order valence-electron chi connectivity index (χ0n) is 12.0. The summed E-state index contributed by atoms with van der Waals surface area (Å²) < 4.78 is 4.79. The summed E-state index contributed by atoms with van der Waals surface area (Å²) in [6.07, 6.45) is 3.10. The highest BCUT2D eigenvalue weighted by atomic mass is 16.5. The van der Waals surface area contributed by atoms with Crippen LogP contribution in [0, 0.1) is 0 Å². The molecule has 0 aliphatic rings. The molecule has 0 rings (SSSR count). The highest BCUT2D eigenvalue weighted by Crippen LogP contribution is 2.07. The van der Waals surface area contributed by atoms with Gasteiger partial charge in [-0.25, -0.2) is 0 Å². The van der Waals surface area contributed by atoms with E-state index >= 15 is 0 Å². The smallest absolute Gasteiger partial charge is 0.322 e. The molecule has 0 spiro atoms. The minimum atomic E-state index is -0.179. The van der Waals surface area contributed by atoms with Gasteiger partial charge in [0.1, 0.15) is 6.04 Å². The monoisotopic (exact) mass is 244 g/mol. The molecule has 0 amide bonds. The van der Waals surface area contributed by atoms with Crippen molar-refractivity contribution in [3.05, 3.63) is 0 Å². The predicted octanol–water partition coefficient (Wildman–Crippen LogP) is 1.65. The van der Waals surface area contributed by atoms with Crippen molar-refractivity contribution in [2.45, 2.75) is 52.1 Å². The van der Waals surface area contributed by atoms with Gasteiger partial charge in [0.15, 0.2) is 0 Å². The maximum Gasteiger partial charge on any atom is 0.322 e. The molecule has 0 saturated carbocycles. The van der Waals surface area contributed by atoms with Crippen LogP contribution in [0.3, 0.4) is 0 Å². The van der Waals surface area contributed by atoms with Crippen LogP contribution >= 0.6 is 0 Å². The van der Waals surface area contributed by atoms with E-state index in [4.69, 9.17) is 4.74 Å². The Hall–Kier alpha value is -0.610. The van der Waals surface area contributed by atoms with Gasteiger partial charge in [0.05, 0.1) is 7.11 Å². The van der Waals surface area contributed by atoms with Crippen molar-refractivity contribution in [3.63, 3.8) is 0 Å². The SMILES string of the molecule is CCNC(CCN(C)C(CC)CC)C(=O)OC. The van der Waals surface area contributed by atoms with Crippen LogP contribution in [0.4, 0.5) is 0 Å². The summed E-state index contributed by atoms with van der Waals surface area (Å²) in [5.41, 5.74) is 0. The zero-order valence-corrected chi connectivity index (χ0v) is 12.0. The number of rotatable bonds is 9. The van der Waals surface area contributed by atoms with Gasteiger partial charge in [0, 0.05) is 12.6 Å². The first-order valence-corrected chi connectivity index (χ1v) is 6.62. The minimum absolute atomic E-state index is 0.162. The Kier molecular flexibility index (Phi) is 9.09. The Morgan fingerprint density at radius 2 is 1.88 bits per heavy atom. The van der Waals surface area contributed by atoms with Crippen LogP contribution in [0.5, 0.6) is 0 Å². The summed E-state index contributed by atoms with van der Waals surface area (Å²) in [5, 5.41) is 3.16. The molecule has 0 fully saturated rings. The molecule has 4 heteroatoms. The van der Waals surface area contributed by atoms with E-state index in [2.05, 4.69) is 31.1 Å². The normalized spacial score (nSPS) is 13.1. The van der Waals surface area contributed by atoms with Crippen LogP contribution in [0.25, 0.3) is 0 Å². The maximum atomic E-state index is 11.5. The number of methoxy groups -OCH3 is 1. The Bertz CT molecular complexity index is 206. The number of nitrogens with zero attached hydrogens (tertiary/aromatic N) is 1. The van der Waals surface area contributed by atoms with Crippen LogP contribution in [-0.4, -0.2) is 50.2 Å². The Morgan fingerprint density at radius 1 is 1.29 bits per heavy atom. The van der Waals surface area contributed by atoms with E-state index in [0.717, 1.165) is 32.4 Å². The van der Waals surface area contributed by atoms with Crippen molar-refractivity contribution in [2.75, 3.05) is 27.2 Å². The molecule has 0 saturated heterocycles. The second-order valence-corrected chi connectivity index (χ2v) is 4.37. The highest BCUT2D eigenvalue weighted by Gasteiger charge is 2.19. The summed E-state index contributed by atoms with van der Waals surface area (Å²) in [6, 6.07) is 0.428. The van der Waals surface area contributed by atoms with Crippen molar-refractivity contribution in [2.24, 2.45) is 0 Å². The molecule has 4 nitrogen and oxygen atoms in total. The van der Waals surface area contributed by atoms with E-state index in [1.54, 1.807) is 0 Å². The lowest BCUT2D eigenvalue weighted by Gasteiger charge is -2.27. The number of hydrogen-bond acceptors (Lipinski definition) is 4. The van der Waals surface area contributed by atoms with Crippen LogP contribution in [-0.2, 0) is 9.53 Å². The maximum absolute atomic E-state index is 11.5. The van der Waals surface area contributed by atoms with Gasteiger partial charge in [0.25, 0.3) is 0 Å². The predicted molar refractivity (Wildman–Crippen MR) is 71.1 cm³/mol. The molecule has 1 unspecified atom stereocenters. The lowest BCUT2D eigenvalue weighted by molar-refractivity contribution is -0.143. The Morgan fingerprint density at radius 3 is 2.29 bits per heavy atom. The van der Waals surface area contributed by atoms with E-state index in [9.17, 15) is 4.79 Å². The van der Waals surface area contributed by atoms with Crippen molar-refractivity contribution < 1.29 is 9.53 Å². The summed E-state index contributed by atoms with van der Waals surface area (Å²) in [5.74, 6) is -0.162. The van der Waals surface area contributed by atoms with E-state index in [0.29, 0.717) is 6.04 Å². The molecule has 0 radical (unpaired) electrons. The second kappa shape index (κ2) is 9.42. The van der Waals surface area contributed by atoms with E-state index in [1.807, 2.05) is 6.92 Å². The summed E-state index contributed by atoms with van der Waals surface area (Å²) in [4.78, 5) is 13.8. The fourth-order valence-electron chi connectivity index (χ4n) is 2.12. The topological polar surface area (TPSA) is 41.6 Å². The zero-order chi connectivity index (χ0) is 13.3. The molecule has 0 aliphatic carbocycles. The van der Waals surface area contributed by atoms with Crippen LogP contribution in [0.2, 0.25) is 0 Å². The van der Waals surface area contributed by atoms with Gasteiger partial charge >= 0.3 is 5.97 Å². The number of esters is 1. The molecular weight excluding hydrogens is 216 g/mol. The van der Waals surface area contributed by atoms with Gasteiger partial charge in [-0.3, -0.25) is 4.79 Å². The second-order valence-electron chi connectivity index (χ2n) is 4.37. The largest absolute Gasteiger partial charge is 0.468 e. The molecular formula is C13H28N2O2. The molecule has 0 aliphatic heterocycles. The van der Waals surface area contributed by atoms with E-state index < -0.39 is 0 Å². The van der Waals surface area contributed by atoms with Crippen LogP contribution in [0.15, 0.2) is 0 Å². The molecule has 0 aromatic rings. The first kappa shape index (κ1) is 16.4. The van der Waals surface area contributed by atoms with Gasteiger partial charge in [0.2, 0.25) is 0 Å². The third-order valence-corrected chi connectivity index (χ3v) is 3.27. The standard InChI is InChI=1S/C13H28N2O2/c1-6-11(7-2)15(4)10-9-12(14-8-3)13(16)17-5/h11-12,14H,6-10H2,1-5H3. The fraction of sp³-hybridized carbons (Fsp3) is 0.923. The molecule has 17 heavy (non-hydrogen) atoms. The van der Waals surface area contributed by atoms with Gasteiger partial charge in [-0.05, 0) is 32.9 Å². The lowest BCUT2D eigenvalue weighted by Crippen LogP contribution is -2.41. The first-order valence-electron chi connectivity index (χ1n) is 6.62. The van der Waals surface area contributed by atoms with Crippen molar-refractivity contribution in [1.29, 1.82) is 0 Å². The van der Waals surface area contributed by atoms with Crippen LogP contribution < -0.4 is 5.32 Å². The Balaban J connectivity index is 4.15. The van der Waals surface area contributed by atoms with Gasteiger partial charge in [-0.1, -0.05) is 20.8 Å². The van der Waals surface area contributed by atoms with Crippen molar-refractivity contribution in [3.8, 4) is 0 Å². The van der Waals surface area contributed by atoms with Crippen molar-refractivity contribution >= 4 is 5.97 Å². The molecule has 102 valence electrons.